The van der Waals surface area contributed by atoms with E-state index < -0.39 is 36.2 Å². The van der Waals surface area contributed by atoms with Crippen LogP contribution in [-0.4, -0.2) is 50.5 Å². The van der Waals surface area contributed by atoms with E-state index >= 15 is 0 Å². The van der Waals surface area contributed by atoms with Crippen molar-refractivity contribution >= 4 is 5.91 Å². The molecule has 1 aliphatic rings. The van der Waals surface area contributed by atoms with Crippen molar-refractivity contribution in [1.29, 1.82) is 0 Å². The molecule has 9 nitrogen and oxygen atoms in total. The minimum absolute atomic E-state index is 0.271. The number of aliphatic hydroxyl groups is 1. The summed E-state index contributed by atoms with van der Waals surface area (Å²) in [4.78, 5) is 14.6. The van der Waals surface area contributed by atoms with Gasteiger partial charge in [0.05, 0.1) is 24.8 Å². The van der Waals surface area contributed by atoms with Gasteiger partial charge in [0.25, 0.3) is 5.91 Å². The van der Waals surface area contributed by atoms with Gasteiger partial charge in [-0.2, -0.15) is 0 Å². The molecule has 9 heteroatoms. The molecular weight excluding hydrogens is 242 g/mol. The van der Waals surface area contributed by atoms with Gasteiger partial charge in [-0.1, -0.05) is 0 Å². The van der Waals surface area contributed by atoms with Crippen molar-refractivity contribution in [3.05, 3.63) is 12.0 Å². The molecule has 1 aromatic rings. The van der Waals surface area contributed by atoms with Gasteiger partial charge in [0.2, 0.25) is 5.88 Å². The van der Waals surface area contributed by atoms with Crippen LogP contribution in [0.1, 0.15) is 16.7 Å². The van der Waals surface area contributed by atoms with E-state index in [1.807, 2.05) is 0 Å². The van der Waals surface area contributed by atoms with E-state index in [9.17, 15) is 9.90 Å². The lowest BCUT2D eigenvalue weighted by Crippen LogP contribution is -2.46. The second-order valence-corrected chi connectivity index (χ2v) is 4.09. The number of aliphatic hydroxyl groups excluding tert-OH is 1. The first-order valence-corrected chi connectivity index (χ1v) is 5.30. The van der Waals surface area contributed by atoms with E-state index in [2.05, 4.69) is 4.98 Å². The van der Waals surface area contributed by atoms with E-state index in [4.69, 9.17) is 27.0 Å². The van der Waals surface area contributed by atoms with Gasteiger partial charge in [0.1, 0.15) is 6.33 Å². The van der Waals surface area contributed by atoms with E-state index in [-0.39, 0.29) is 12.3 Å². The van der Waals surface area contributed by atoms with Crippen molar-refractivity contribution < 1.29 is 19.7 Å². The monoisotopic (exact) mass is 257 g/mol. The summed E-state index contributed by atoms with van der Waals surface area (Å²) in [6.07, 6.45) is -0.256. The largest absolute Gasteiger partial charge is 0.493 e. The maximum atomic E-state index is 11.0. The number of amides is 1. The van der Waals surface area contributed by atoms with Crippen LogP contribution in [0.4, 0.5) is 0 Å². The number of hydrogen-bond acceptors (Lipinski definition) is 7. The molecule has 0 unspecified atom stereocenters. The fourth-order valence-corrected chi connectivity index (χ4v) is 1.93. The average molecular weight is 257 g/mol. The van der Waals surface area contributed by atoms with Crippen LogP contribution in [0.25, 0.3) is 0 Å². The van der Waals surface area contributed by atoms with Crippen molar-refractivity contribution in [3.8, 4) is 5.88 Å². The highest BCUT2D eigenvalue weighted by molar-refractivity contribution is 5.92. The highest BCUT2D eigenvalue weighted by Gasteiger charge is 2.42. The third-order valence-electron chi connectivity index (χ3n) is 2.97. The molecule has 1 aromatic heterocycles. The maximum Gasteiger partial charge on any atom is 0.272 e. The zero-order chi connectivity index (χ0) is 13.4. The Balaban J connectivity index is 2.30. The van der Waals surface area contributed by atoms with Crippen LogP contribution >= 0.6 is 0 Å². The Kier molecular flexibility index (Phi) is 3.22. The molecule has 1 fully saturated rings. The molecule has 0 aliphatic carbocycles. The normalized spacial score (nSPS) is 31.7. The molecule has 2 rings (SSSR count). The number of rotatable bonds is 3. The van der Waals surface area contributed by atoms with Crippen molar-refractivity contribution in [2.24, 2.45) is 17.2 Å². The maximum absolute atomic E-state index is 11.0. The van der Waals surface area contributed by atoms with Crippen molar-refractivity contribution in [1.82, 2.24) is 9.55 Å². The van der Waals surface area contributed by atoms with Crippen LogP contribution < -0.4 is 17.2 Å². The fraction of sp³-hybridized carbons (Fsp3) is 0.556. The Morgan fingerprint density at radius 3 is 2.61 bits per heavy atom. The molecule has 8 N–H and O–H groups in total. The Morgan fingerprint density at radius 2 is 2.17 bits per heavy atom. The summed E-state index contributed by atoms with van der Waals surface area (Å²) in [5.74, 6) is -1.30. The third-order valence-corrected chi connectivity index (χ3v) is 2.97. The molecule has 4 atom stereocenters. The van der Waals surface area contributed by atoms with Gasteiger partial charge in [-0.3, -0.25) is 9.36 Å². The number of aromatic nitrogens is 2. The van der Waals surface area contributed by atoms with Gasteiger partial charge in [-0.25, -0.2) is 4.98 Å². The van der Waals surface area contributed by atoms with Crippen LogP contribution in [0.15, 0.2) is 6.33 Å². The predicted molar refractivity (Wildman–Crippen MR) is 59.4 cm³/mol. The Bertz CT molecular complexity index is 462. The SMILES string of the molecule is NC(=O)c1ncn([C@@H]2O[C@H](CO)[C@@H](N)[C@H]2N)c1O. The number of primary amides is 1. The van der Waals surface area contributed by atoms with Gasteiger partial charge in [0, 0.05) is 0 Å². The number of aromatic hydroxyl groups is 1. The molecule has 0 radical (unpaired) electrons. The second kappa shape index (κ2) is 4.53. The summed E-state index contributed by atoms with van der Waals surface area (Å²) in [6, 6.07) is -1.23. The van der Waals surface area contributed by atoms with E-state index in [0.29, 0.717) is 0 Å². The lowest BCUT2D eigenvalue weighted by Gasteiger charge is -2.17. The summed E-state index contributed by atoms with van der Waals surface area (Å²) in [6.45, 7) is -0.288. The molecule has 1 aliphatic heterocycles. The first-order valence-electron chi connectivity index (χ1n) is 5.30. The van der Waals surface area contributed by atoms with E-state index in [1.165, 1.54) is 10.9 Å². The molecule has 18 heavy (non-hydrogen) atoms. The Hall–Kier alpha value is -1.68. The van der Waals surface area contributed by atoms with E-state index in [1.54, 1.807) is 0 Å². The van der Waals surface area contributed by atoms with Crippen LogP contribution in [-0.2, 0) is 4.74 Å². The lowest BCUT2D eigenvalue weighted by molar-refractivity contribution is -0.0304. The summed E-state index contributed by atoms with van der Waals surface area (Å²) >= 11 is 0. The zero-order valence-corrected chi connectivity index (χ0v) is 9.43. The second-order valence-electron chi connectivity index (χ2n) is 4.09. The molecule has 0 aromatic carbocycles. The van der Waals surface area contributed by atoms with Gasteiger partial charge in [-0.15, -0.1) is 0 Å². The van der Waals surface area contributed by atoms with Crippen LogP contribution in [0, 0.1) is 0 Å². The summed E-state index contributed by atoms with van der Waals surface area (Å²) < 4.78 is 6.57. The van der Waals surface area contributed by atoms with Gasteiger partial charge >= 0.3 is 0 Å². The zero-order valence-electron chi connectivity index (χ0n) is 9.43. The van der Waals surface area contributed by atoms with E-state index in [0.717, 1.165) is 0 Å². The van der Waals surface area contributed by atoms with Gasteiger partial charge < -0.3 is 32.2 Å². The highest BCUT2D eigenvalue weighted by atomic mass is 16.5. The number of carbonyl (C=O) groups excluding carboxylic acids is 1. The average Bonchev–Trinajstić information content (AvgIpc) is 2.82. The van der Waals surface area contributed by atoms with Crippen LogP contribution in [0.3, 0.4) is 0 Å². The Labute approximate surface area is 102 Å². The third kappa shape index (κ3) is 1.82. The molecule has 1 saturated heterocycles. The number of carbonyl (C=O) groups is 1. The molecule has 2 heterocycles. The molecule has 100 valence electrons. The number of nitrogens with two attached hydrogens (primary N) is 3. The standard InChI is InChI=1S/C9H15N5O4/c10-4-3(1-15)18-9(5(4)11)14-2-13-6(7(12)16)8(14)17/h2-5,9,15,17H,1,10-11H2,(H2,12,16)/t3-,4-,5-,9-/m1/s1. The predicted octanol–water partition coefficient (Wildman–Crippen LogP) is -2.77. The molecule has 1 amide bonds. The first kappa shape index (κ1) is 12.8. The topological polar surface area (TPSA) is 163 Å². The number of imidazole rings is 1. The highest BCUT2D eigenvalue weighted by Crippen LogP contribution is 2.31. The van der Waals surface area contributed by atoms with Gasteiger partial charge in [-0.05, 0) is 0 Å². The summed E-state index contributed by atoms with van der Waals surface area (Å²) in [5, 5.41) is 18.8. The Morgan fingerprint density at radius 1 is 1.50 bits per heavy atom. The lowest BCUT2D eigenvalue weighted by atomic mass is 10.1. The van der Waals surface area contributed by atoms with Crippen molar-refractivity contribution in [2.45, 2.75) is 24.4 Å². The van der Waals surface area contributed by atoms with Crippen molar-refractivity contribution in [2.75, 3.05) is 6.61 Å². The summed E-state index contributed by atoms with van der Waals surface area (Å²) in [7, 11) is 0. The number of nitrogens with zero attached hydrogens (tertiary/aromatic N) is 2. The molecule has 0 spiro atoms. The van der Waals surface area contributed by atoms with Crippen LogP contribution in [0.5, 0.6) is 5.88 Å². The first-order chi connectivity index (χ1) is 8.47. The molecule has 0 saturated carbocycles. The van der Waals surface area contributed by atoms with Crippen LogP contribution in [0.2, 0.25) is 0 Å². The molecule has 0 bridgehead atoms. The minimum Gasteiger partial charge on any atom is -0.493 e. The number of ether oxygens (including phenoxy) is 1. The van der Waals surface area contributed by atoms with Crippen molar-refractivity contribution in [3.63, 3.8) is 0 Å². The molecular formula is C9H15N5O4. The summed E-state index contributed by atoms with van der Waals surface area (Å²) in [5.41, 5.74) is 16.4. The number of hydrogen-bond donors (Lipinski definition) is 5. The van der Waals surface area contributed by atoms with Gasteiger partial charge in [0.15, 0.2) is 11.9 Å². The smallest absolute Gasteiger partial charge is 0.272 e. The fourth-order valence-electron chi connectivity index (χ4n) is 1.93. The quantitative estimate of drug-likeness (QED) is 0.391. The minimum atomic E-state index is -0.860.